The number of carbonyl (C=O) groups is 1. The molecule has 0 bridgehead atoms. The Balaban J connectivity index is 1.54. The molecule has 0 aliphatic rings. The van der Waals surface area contributed by atoms with E-state index in [9.17, 15) is 4.79 Å². The van der Waals surface area contributed by atoms with Gasteiger partial charge in [0, 0.05) is 22.0 Å². The average Bonchev–Trinajstić information content (AvgIpc) is 3.27. The van der Waals surface area contributed by atoms with Crippen molar-refractivity contribution in [1.29, 1.82) is 0 Å². The van der Waals surface area contributed by atoms with Crippen LogP contribution in [0.2, 0.25) is 5.02 Å². The molecular formula is C26H26ClN5OS. The third-order valence-corrected chi connectivity index (χ3v) is 6.69. The fourth-order valence-electron chi connectivity index (χ4n) is 3.49. The molecule has 0 saturated carbocycles. The van der Waals surface area contributed by atoms with E-state index in [1.807, 2.05) is 97.5 Å². The highest BCUT2D eigenvalue weighted by molar-refractivity contribution is 7.99. The molecule has 0 spiro atoms. The minimum Gasteiger partial charge on any atom is -0.325 e. The number of thioether (sulfide) groups is 1. The zero-order valence-corrected chi connectivity index (χ0v) is 20.8. The van der Waals surface area contributed by atoms with Crippen LogP contribution >= 0.6 is 23.4 Å². The molecule has 0 saturated heterocycles. The first-order valence-electron chi connectivity index (χ1n) is 10.9. The van der Waals surface area contributed by atoms with E-state index >= 15 is 0 Å². The molecule has 0 aliphatic carbocycles. The number of hydrogen-bond acceptors (Lipinski definition) is 5. The first-order chi connectivity index (χ1) is 16.4. The third-order valence-electron chi connectivity index (χ3n) is 5.51. The van der Waals surface area contributed by atoms with E-state index in [1.165, 1.54) is 11.8 Å². The van der Waals surface area contributed by atoms with Gasteiger partial charge in [-0.15, -0.1) is 10.2 Å². The van der Waals surface area contributed by atoms with Crippen molar-refractivity contribution in [3.63, 3.8) is 0 Å². The lowest BCUT2D eigenvalue weighted by Gasteiger charge is -2.20. The van der Waals surface area contributed by atoms with Crippen molar-refractivity contribution < 1.29 is 4.79 Å². The quantitative estimate of drug-likeness (QED) is 0.309. The molecule has 1 aromatic heterocycles. The highest BCUT2D eigenvalue weighted by atomic mass is 35.5. The minimum absolute atomic E-state index is 0.0316. The van der Waals surface area contributed by atoms with Crippen molar-refractivity contribution in [2.24, 2.45) is 0 Å². The van der Waals surface area contributed by atoms with Crippen LogP contribution in [0.1, 0.15) is 18.8 Å². The summed E-state index contributed by atoms with van der Waals surface area (Å²) in [5.74, 6) is 0.886. The molecule has 4 aromatic rings. The van der Waals surface area contributed by atoms with Crippen LogP contribution in [0.25, 0.3) is 16.8 Å². The first-order valence-corrected chi connectivity index (χ1v) is 12.2. The Kier molecular flexibility index (Phi) is 7.67. The number of para-hydroxylation sites is 1. The van der Waals surface area contributed by atoms with Crippen LogP contribution in [-0.4, -0.2) is 45.4 Å². The highest BCUT2D eigenvalue weighted by Crippen LogP contribution is 2.30. The summed E-state index contributed by atoms with van der Waals surface area (Å²) in [4.78, 5) is 15.0. The normalized spacial score (nSPS) is 12.0. The van der Waals surface area contributed by atoms with Gasteiger partial charge in [-0.05, 0) is 56.9 Å². The van der Waals surface area contributed by atoms with Crippen molar-refractivity contribution in [3.8, 4) is 16.8 Å². The average molecular weight is 492 g/mol. The standard InChI is InChI=1S/C26H26ClN5OS/c1-18(31(2)3)25-29-30-26(32(25)21-15-13-20(27)14-16-21)34-17-24(33)28-23-12-8-7-11-22(23)19-9-5-4-6-10-19/h4-16,18H,17H2,1-3H3,(H,28,33)/t18-/m0/s1. The van der Waals surface area contributed by atoms with Crippen LogP contribution in [0.3, 0.4) is 0 Å². The highest BCUT2D eigenvalue weighted by Gasteiger charge is 2.21. The monoisotopic (exact) mass is 491 g/mol. The van der Waals surface area contributed by atoms with E-state index in [4.69, 9.17) is 11.6 Å². The Morgan fingerprint density at radius 2 is 1.68 bits per heavy atom. The van der Waals surface area contributed by atoms with E-state index in [2.05, 4.69) is 27.3 Å². The maximum absolute atomic E-state index is 12.9. The van der Waals surface area contributed by atoms with Crippen molar-refractivity contribution in [3.05, 3.63) is 89.7 Å². The van der Waals surface area contributed by atoms with Crippen molar-refractivity contribution >= 4 is 35.0 Å². The lowest BCUT2D eigenvalue weighted by atomic mass is 10.0. The number of carbonyl (C=O) groups excluding carboxylic acids is 1. The summed E-state index contributed by atoms with van der Waals surface area (Å²) in [6.45, 7) is 2.07. The second-order valence-corrected chi connectivity index (χ2v) is 9.42. The van der Waals surface area contributed by atoms with Gasteiger partial charge in [-0.2, -0.15) is 0 Å². The summed E-state index contributed by atoms with van der Waals surface area (Å²) < 4.78 is 1.98. The molecule has 4 rings (SSSR count). The smallest absolute Gasteiger partial charge is 0.234 e. The van der Waals surface area contributed by atoms with Gasteiger partial charge in [0.1, 0.15) is 0 Å². The van der Waals surface area contributed by atoms with E-state index in [0.717, 1.165) is 28.3 Å². The van der Waals surface area contributed by atoms with Gasteiger partial charge < -0.3 is 5.32 Å². The Bertz CT molecular complexity index is 1260. The van der Waals surface area contributed by atoms with Gasteiger partial charge in [0.15, 0.2) is 11.0 Å². The van der Waals surface area contributed by atoms with E-state index in [-0.39, 0.29) is 17.7 Å². The lowest BCUT2D eigenvalue weighted by molar-refractivity contribution is -0.113. The van der Waals surface area contributed by atoms with Gasteiger partial charge in [-0.3, -0.25) is 14.3 Å². The fraction of sp³-hybridized carbons (Fsp3) is 0.192. The molecule has 0 unspecified atom stereocenters. The van der Waals surface area contributed by atoms with Gasteiger partial charge in [0.2, 0.25) is 5.91 Å². The second kappa shape index (κ2) is 10.9. The summed E-state index contributed by atoms with van der Waals surface area (Å²) in [5, 5.41) is 13.2. The number of amides is 1. The molecule has 174 valence electrons. The molecule has 1 heterocycles. The minimum atomic E-state index is -0.110. The molecule has 6 nitrogen and oxygen atoms in total. The molecule has 1 N–H and O–H groups in total. The Labute approximate surface area is 209 Å². The lowest BCUT2D eigenvalue weighted by Crippen LogP contribution is -2.21. The fourth-order valence-corrected chi connectivity index (χ4v) is 4.37. The van der Waals surface area contributed by atoms with Gasteiger partial charge in [0.05, 0.1) is 11.8 Å². The molecule has 1 atom stereocenters. The van der Waals surface area contributed by atoms with Crippen LogP contribution in [0.5, 0.6) is 0 Å². The third kappa shape index (κ3) is 5.50. The number of nitrogens with zero attached hydrogens (tertiary/aromatic N) is 4. The number of halogens is 1. The number of benzene rings is 3. The topological polar surface area (TPSA) is 63.1 Å². The zero-order chi connectivity index (χ0) is 24.1. The van der Waals surface area contributed by atoms with Crippen molar-refractivity contribution in [2.45, 2.75) is 18.1 Å². The number of hydrogen-bond donors (Lipinski definition) is 1. The van der Waals surface area contributed by atoms with Gasteiger partial charge in [0.25, 0.3) is 0 Å². The Morgan fingerprint density at radius 3 is 2.38 bits per heavy atom. The van der Waals surface area contributed by atoms with E-state index < -0.39 is 0 Å². The van der Waals surface area contributed by atoms with Crippen LogP contribution in [-0.2, 0) is 4.79 Å². The van der Waals surface area contributed by atoms with Crippen LogP contribution in [0.4, 0.5) is 5.69 Å². The van der Waals surface area contributed by atoms with E-state index in [1.54, 1.807) is 0 Å². The number of anilines is 1. The largest absolute Gasteiger partial charge is 0.325 e. The summed E-state index contributed by atoms with van der Waals surface area (Å²) >= 11 is 7.45. The molecule has 3 aromatic carbocycles. The van der Waals surface area contributed by atoms with Crippen LogP contribution in [0.15, 0.2) is 84.0 Å². The summed E-state index contributed by atoms with van der Waals surface area (Å²) in [6.07, 6.45) is 0. The van der Waals surface area contributed by atoms with Crippen molar-refractivity contribution in [1.82, 2.24) is 19.7 Å². The van der Waals surface area contributed by atoms with Crippen LogP contribution in [0, 0.1) is 0 Å². The summed E-state index contributed by atoms with van der Waals surface area (Å²) in [7, 11) is 3.99. The Hall–Kier alpha value is -3.13. The number of aromatic nitrogens is 3. The maximum atomic E-state index is 12.9. The molecule has 0 aliphatic heterocycles. The van der Waals surface area contributed by atoms with Crippen LogP contribution < -0.4 is 5.32 Å². The van der Waals surface area contributed by atoms with Crippen molar-refractivity contribution in [2.75, 3.05) is 25.2 Å². The number of rotatable bonds is 8. The molecule has 8 heteroatoms. The molecule has 1 amide bonds. The predicted molar refractivity (Wildman–Crippen MR) is 140 cm³/mol. The predicted octanol–water partition coefficient (Wildman–Crippen LogP) is 5.94. The molecule has 0 radical (unpaired) electrons. The summed E-state index contributed by atoms with van der Waals surface area (Å²) in [5.41, 5.74) is 3.71. The van der Waals surface area contributed by atoms with Gasteiger partial charge in [-0.25, -0.2) is 0 Å². The van der Waals surface area contributed by atoms with Gasteiger partial charge >= 0.3 is 0 Å². The second-order valence-electron chi connectivity index (χ2n) is 8.04. The molecule has 34 heavy (non-hydrogen) atoms. The number of nitrogens with one attached hydrogen (secondary N) is 1. The summed E-state index contributed by atoms with van der Waals surface area (Å²) in [6, 6.07) is 25.4. The zero-order valence-electron chi connectivity index (χ0n) is 19.3. The van der Waals surface area contributed by atoms with Gasteiger partial charge in [-0.1, -0.05) is 71.9 Å². The first kappa shape index (κ1) is 24.0. The molecule has 0 fully saturated rings. The Morgan fingerprint density at radius 1 is 1.00 bits per heavy atom. The van der Waals surface area contributed by atoms with E-state index in [0.29, 0.717) is 10.2 Å². The SMILES string of the molecule is C[C@@H](c1nnc(SCC(=O)Nc2ccccc2-c2ccccc2)n1-c1ccc(Cl)cc1)N(C)C. The maximum Gasteiger partial charge on any atom is 0.234 e. The molecular weight excluding hydrogens is 466 g/mol.